The molecule has 21 heavy (non-hydrogen) atoms. The van der Waals surface area contributed by atoms with Crippen LogP contribution in [0.4, 0.5) is 5.69 Å². The van der Waals surface area contributed by atoms with Crippen LogP contribution < -0.4 is 10.5 Å². The van der Waals surface area contributed by atoms with E-state index in [1.807, 2.05) is 6.92 Å². The number of aromatic nitrogens is 1. The minimum Gasteiger partial charge on any atom is -0.482 e. The Labute approximate surface area is 120 Å². The Balaban J connectivity index is 2.51. The standard InChI is InChI=1S/C13H14N4O4/c1-2-10(13(14)16-18)21-11-6-5-9(17(19)20)12-8(11)4-3-7-15-12/h3-7,10,18H,2H2,1H3,(H2,14,16). The second-order valence-electron chi connectivity index (χ2n) is 4.28. The van der Waals surface area contributed by atoms with Gasteiger partial charge in [-0.15, -0.1) is 0 Å². The molecule has 110 valence electrons. The molecule has 2 aromatic rings. The minimum absolute atomic E-state index is 0.0621. The maximum atomic E-state index is 11.0. The molecule has 8 heteroatoms. The zero-order valence-corrected chi connectivity index (χ0v) is 11.3. The van der Waals surface area contributed by atoms with Crippen LogP contribution in [-0.2, 0) is 0 Å². The van der Waals surface area contributed by atoms with Gasteiger partial charge in [0.25, 0.3) is 5.69 Å². The number of nitrogens with two attached hydrogens (primary N) is 1. The molecule has 1 aromatic carbocycles. The maximum Gasteiger partial charge on any atom is 0.295 e. The molecule has 0 aliphatic heterocycles. The summed E-state index contributed by atoms with van der Waals surface area (Å²) in [5.74, 6) is 0.329. The Morgan fingerprint density at radius 1 is 1.57 bits per heavy atom. The predicted molar refractivity (Wildman–Crippen MR) is 76.5 cm³/mol. The molecule has 3 N–H and O–H groups in total. The molecule has 2 rings (SSSR count). The SMILES string of the molecule is CCC(Oc1ccc([N+](=O)[O-])c2ncccc12)/C(N)=N/O. The first-order valence-electron chi connectivity index (χ1n) is 6.24. The van der Waals surface area contributed by atoms with E-state index < -0.39 is 11.0 Å². The molecule has 1 unspecified atom stereocenters. The first-order chi connectivity index (χ1) is 10.1. The van der Waals surface area contributed by atoms with Crippen molar-refractivity contribution in [2.24, 2.45) is 10.9 Å². The van der Waals surface area contributed by atoms with Gasteiger partial charge in [0.2, 0.25) is 0 Å². The van der Waals surface area contributed by atoms with Gasteiger partial charge in [-0.05, 0) is 24.6 Å². The number of non-ortho nitro benzene ring substituents is 1. The molecule has 0 saturated heterocycles. The van der Waals surface area contributed by atoms with Gasteiger partial charge in [-0.3, -0.25) is 10.1 Å². The van der Waals surface area contributed by atoms with Gasteiger partial charge in [0.05, 0.1) is 4.92 Å². The molecular weight excluding hydrogens is 276 g/mol. The molecule has 0 fully saturated rings. The van der Waals surface area contributed by atoms with E-state index in [9.17, 15) is 10.1 Å². The average Bonchev–Trinajstić information content (AvgIpc) is 2.51. The number of fused-ring (bicyclic) bond motifs is 1. The molecule has 1 aromatic heterocycles. The fraction of sp³-hybridized carbons (Fsp3) is 0.231. The third-order valence-electron chi connectivity index (χ3n) is 2.99. The number of ether oxygens (including phenoxy) is 1. The lowest BCUT2D eigenvalue weighted by Gasteiger charge is -2.17. The molecule has 0 amide bonds. The molecule has 8 nitrogen and oxygen atoms in total. The molecule has 0 radical (unpaired) electrons. The van der Waals surface area contributed by atoms with Crippen molar-refractivity contribution in [3.8, 4) is 5.75 Å². The van der Waals surface area contributed by atoms with Gasteiger partial charge < -0.3 is 15.7 Å². The number of nitro groups is 1. The molecule has 0 spiro atoms. The Bertz CT molecular complexity index is 702. The molecule has 0 saturated carbocycles. The fourth-order valence-corrected chi connectivity index (χ4v) is 1.95. The van der Waals surface area contributed by atoms with E-state index in [1.165, 1.54) is 18.3 Å². The zero-order chi connectivity index (χ0) is 15.4. The van der Waals surface area contributed by atoms with Crippen LogP contribution in [0, 0.1) is 10.1 Å². The van der Waals surface area contributed by atoms with Crippen LogP contribution in [0.25, 0.3) is 10.9 Å². The van der Waals surface area contributed by atoms with Gasteiger partial charge in [-0.2, -0.15) is 0 Å². The van der Waals surface area contributed by atoms with Gasteiger partial charge >= 0.3 is 0 Å². The van der Waals surface area contributed by atoms with Gasteiger partial charge in [-0.1, -0.05) is 12.1 Å². The van der Waals surface area contributed by atoms with Crippen molar-refractivity contribution in [2.45, 2.75) is 19.4 Å². The average molecular weight is 290 g/mol. The van der Waals surface area contributed by atoms with Crippen LogP contribution >= 0.6 is 0 Å². The second kappa shape index (κ2) is 6.04. The molecule has 0 aliphatic rings. The quantitative estimate of drug-likeness (QED) is 0.285. The van der Waals surface area contributed by atoms with Crippen molar-refractivity contribution in [1.29, 1.82) is 0 Å². The van der Waals surface area contributed by atoms with Gasteiger partial charge in [0.15, 0.2) is 17.5 Å². The lowest BCUT2D eigenvalue weighted by atomic mass is 10.1. The van der Waals surface area contributed by atoms with Crippen LogP contribution in [0.5, 0.6) is 5.75 Å². The third-order valence-corrected chi connectivity index (χ3v) is 2.99. The summed E-state index contributed by atoms with van der Waals surface area (Å²) in [6.07, 6.45) is 1.33. The van der Waals surface area contributed by atoms with Gasteiger partial charge in [0.1, 0.15) is 5.75 Å². The monoisotopic (exact) mass is 290 g/mol. The Kier molecular flexibility index (Phi) is 4.17. The van der Waals surface area contributed by atoms with Gasteiger partial charge in [0, 0.05) is 17.6 Å². The number of hydrogen-bond acceptors (Lipinski definition) is 6. The summed E-state index contributed by atoms with van der Waals surface area (Å²) < 4.78 is 5.69. The highest BCUT2D eigenvalue weighted by Crippen LogP contribution is 2.32. The van der Waals surface area contributed by atoms with Crippen molar-refractivity contribution in [3.63, 3.8) is 0 Å². The maximum absolute atomic E-state index is 11.0. The Hall–Kier alpha value is -2.90. The number of amidine groups is 1. The van der Waals surface area contributed by atoms with E-state index >= 15 is 0 Å². The van der Waals surface area contributed by atoms with Crippen molar-refractivity contribution < 1.29 is 14.9 Å². The smallest absolute Gasteiger partial charge is 0.295 e. The highest BCUT2D eigenvalue weighted by atomic mass is 16.6. The molecule has 0 bridgehead atoms. The Morgan fingerprint density at radius 2 is 2.33 bits per heavy atom. The summed E-state index contributed by atoms with van der Waals surface area (Å²) in [7, 11) is 0. The lowest BCUT2D eigenvalue weighted by Crippen LogP contribution is -2.33. The largest absolute Gasteiger partial charge is 0.482 e. The zero-order valence-electron chi connectivity index (χ0n) is 11.3. The molecule has 1 atom stereocenters. The van der Waals surface area contributed by atoms with Crippen LogP contribution in [0.3, 0.4) is 0 Å². The van der Waals surface area contributed by atoms with E-state index in [1.54, 1.807) is 12.1 Å². The molecular formula is C13H14N4O4. The van der Waals surface area contributed by atoms with Crippen LogP contribution in [0.2, 0.25) is 0 Å². The van der Waals surface area contributed by atoms with E-state index in [2.05, 4.69) is 10.1 Å². The van der Waals surface area contributed by atoms with Crippen LogP contribution in [-0.4, -0.2) is 27.1 Å². The van der Waals surface area contributed by atoms with E-state index in [0.717, 1.165) is 0 Å². The van der Waals surface area contributed by atoms with Crippen LogP contribution in [0.15, 0.2) is 35.6 Å². The van der Waals surface area contributed by atoms with E-state index in [-0.39, 0.29) is 17.0 Å². The number of nitro benzene ring substituents is 1. The highest BCUT2D eigenvalue weighted by Gasteiger charge is 2.19. The first kappa shape index (κ1) is 14.5. The number of pyridine rings is 1. The van der Waals surface area contributed by atoms with Crippen LogP contribution in [0.1, 0.15) is 13.3 Å². The second-order valence-corrected chi connectivity index (χ2v) is 4.28. The summed E-state index contributed by atoms with van der Waals surface area (Å²) in [6, 6.07) is 6.13. The first-order valence-corrected chi connectivity index (χ1v) is 6.24. The van der Waals surface area contributed by atoms with Crippen molar-refractivity contribution in [3.05, 3.63) is 40.6 Å². The lowest BCUT2D eigenvalue weighted by molar-refractivity contribution is -0.383. The number of rotatable bonds is 5. The number of hydrogen-bond donors (Lipinski definition) is 2. The normalized spacial score (nSPS) is 13.1. The van der Waals surface area contributed by atoms with Gasteiger partial charge in [-0.25, -0.2) is 4.98 Å². The topological polar surface area (TPSA) is 124 Å². The molecule has 1 heterocycles. The van der Waals surface area contributed by atoms with E-state index in [0.29, 0.717) is 17.6 Å². The van der Waals surface area contributed by atoms with Crippen molar-refractivity contribution in [2.75, 3.05) is 0 Å². The highest BCUT2D eigenvalue weighted by molar-refractivity contribution is 5.92. The van der Waals surface area contributed by atoms with Crippen molar-refractivity contribution >= 4 is 22.4 Å². The van der Waals surface area contributed by atoms with E-state index in [4.69, 9.17) is 15.7 Å². The van der Waals surface area contributed by atoms with Crippen molar-refractivity contribution in [1.82, 2.24) is 4.98 Å². The number of benzene rings is 1. The summed E-state index contributed by atoms with van der Waals surface area (Å²) in [5.41, 5.74) is 5.68. The minimum atomic E-state index is -0.625. The third kappa shape index (κ3) is 2.83. The summed E-state index contributed by atoms with van der Waals surface area (Å²) in [4.78, 5) is 14.5. The number of nitrogens with zero attached hydrogens (tertiary/aromatic N) is 3. The molecule has 0 aliphatic carbocycles. The summed E-state index contributed by atoms with van der Waals surface area (Å²) >= 11 is 0. The summed E-state index contributed by atoms with van der Waals surface area (Å²) in [6.45, 7) is 1.81. The fourth-order valence-electron chi connectivity index (χ4n) is 1.95. The number of oxime groups is 1. The Morgan fingerprint density at radius 3 is 2.95 bits per heavy atom. The summed E-state index contributed by atoms with van der Waals surface area (Å²) in [5, 5.41) is 23.2. The predicted octanol–water partition coefficient (Wildman–Crippen LogP) is 2.05.